The normalized spacial score (nSPS) is 21.5. The molecule has 133 heavy (non-hydrogen) atoms. The number of aliphatic hydroxyl groups is 1. The number of aliphatic hydroxyl groups excluding tert-OH is 1. The van der Waals surface area contributed by atoms with Crippen LogP contribution < -0.4 is 53.2 Å². The van der Waals surface area contributed by atoms with Gasteiger partial charge in [-0.05, 0) is 208 Å². The summed E-state index contributed by atoms with van der Waals surface area (Å²) in [5.41, 5.74) is 55.8. The van der Waals surface area contributed by atoms with Crippen LogP contribution in [0.15, 0.2) is 129 Å². The van der Waals surface area contributed by atoms with E-state index in [9.17, 15) is 5.11 Å². The van der Waals surface area contributed by atoms with E-state index in [1.165, 1.54) is 56.1 Å². The molecule has 3 saturated carbocycles. The molecular weight excluding hydrogens is 1750 g/mol. The second-order valence-corrected chi connectivity index (χ2v) is 40.4. The number of aromatic nitrogens is 13. The Morgan fingerprint density at radius 2 is 0.662 bits per heavy atom. The van der Waals surface area contributed by atoms with Crippen LogP contribution in [0.3, 0.4) is 0 Å². The van der Waals surface area contributed by atoms with Gasteiger partial charge in [-0.1, -0.05) is 83.2 Å². The van der Waals surface area contributed by atoms with Crippen LogP contribution in [0.5, 0.6) is 0 Å². The number of anilines is 5. The molecule has 29 nitrogen and oxygen atoms in total. The Labute approximate surface area is 797 Å². The highest BCUT2D eigenvalue weighted by Gasteiger charge is 2.49. The van der Waals surface area contributed by atoms with E-state index in [1.807, 2.05) is 88.9 Å². The molecule has 3 atom stereocenters. The van der Waals surface area contributed by atoms with Crippen molar-refractivity contribution >= 4 is 104 Å². The monoisotopic (exact) mass is 1870 g/mol. The molecule has 3 spiro atoms. The van der Waals surface area contributed by atoms with Crippen LogP contribution in [0, 0.1) is 57.8 Å². The molecular formula is C100H118Cl4N28O. The van der Waals surface area contributed by atoms with Crippen molar-refractivity contribution < 1.29 is 5.11 Å². The first-order chi connectivity index (χ1) is 64.2. The predicted octanol–water partition coefficient (Wildman–Crippen LogP) is 13.9. The summed E-state index contributed by atoms with van der Waals surface area (Å²) in [7, 11) is 0. The first-order valence-corrected chi connectivity index (χ1v) is 48.6. The number of benzene rings is 2. The topological polar surface area (TPSA) is 396 Å². The molecule has 10 aromatic rings. The summed E-state index contributed by atoms with van der Waals surface area (Å²) in [5.74, 6) is 4.64. The fourth-order valence-electron chi connectivity index (χ4n) is 21.3. The van der Waals surface area contributed by atoms with Crippen molar-refractivity contribution in [2.75, 3.05) is 96.6 Å². The van der Waals surface area contributed by atoms with Gasteiger partial charge in [0.15, 0.2) is 0 Å². The van der Waals surface area contributed by atoms with E-state index in [-0.39, 0.29) is 12.1 Å². The second-order valence-electron chi connectivity index (χ2n) is 38.9. The van der Waals surface area contributed by atoms with Gasteiger partial charge in [0.1, 0.15) is 57.6 Å². The summed E-state index contributed by atoms with van der Waals surface area (Å²) >= 11 is 25.7. The minimum Gasteiger partial charge on any atom is -0.394 e. The SMILES string of the molecule is Cc1cccc(C2=NCc3nc(N4CCC(C)(N)CC4)cnc32)c1C.Cc1cccc(Cl)c1C1=NCc2nc(N3CCC(N)(CO)CC3)cnc21.Cc1nccc(C2=NCc3nc(N4CCC5(CCC5N)CC4)cnc32)c1Cl.Cc1nccc(C2=NCc3nc(N4CCC5(CCC5N)CC4)cnc32)c1Cl.Cc1nccc(C2=NCc3nc(N4CCC5(CCC[C@H]5N)CC4)cnc32)c1Cl. The first-order valence-electron chi connectivity index (χ1n) is 47.1. The maximum Gasteiger partial charge on any atom is 0.147 e. The Morgan fingerprint density at radius 3 is 0.985 bits per heavy atom. The Kier molecular flexibility index (Phi) is 26.0. The first kappa shape index (κ1) is 91.7. The van der Waals surface area contributed by atoms with Crippen molar-refractivity contribution in [3.63, 3.8) is 0 Å². The molecule has 11 N–H and O–H groups in total. The van der Waals surface area contributed by atoms with Gasteiger partial charge < -0.3 is 58.3 Å². The number of nitrogens with zero attached hydrogens (tertiary/aromatic N) is 23. The molecule has 33 heteroatoms. The molecule has 3 aliphatic carbocycles. The van der Waals surface area contributed by atoms with E-state index in [1.54, 1.807) is 24.8 Å². The van der Waals surface area contributed by atoms with Gasteiger partial charge in [0.25, 0.3) is 0 Å². The van der Waals surface area contributed by atoms with E-state index in [0.29, 0.717) is 87.2 Å². The van der Waals surface area contributed by atoms with Gasteiger partial charge in [0.2, 0.25) is 0 Å². The minimum atomic E-state index is -0.474. The molecule has 2 aromatic carbocycles. The van der Waals surface area contributed by atoms with Gasteiger partial charge in [0.05, 0.1) is 165 Å². The smallest absolute Gasteiger partial charge is 0.147 e. The van der Waals surface area contributed by atoms with Crippen LogP contribution in [-0.2, 0) is 32.7 Å². The number of hydrogen-bond acceptors (Lipinski definition) is 29. The van der Waals surface area contributed by atoms with Gasteiger partial charge >= 0.3 is 0 Å². The van der Waals surface area contributed by atoms with Crippen molar-refractivity contribution in [1.82, 2.24) is 64.8 Å². The lowest BCUT2D eigenvalue weighted by Crippen LogP contribution is -2.56. The van der Waals surface area contributed by atoms with Crippen molar-refractivity contribution in [2.45, 2.75) is 220 Å². The molecule has 18 heterocycles. The van der Waals surface area contributed by atoms with E-state index in [0.717, 1.165) is 295 Å². The Balaban J connectivity index is 0.000000107. The molecule has 8 fully saturated rings. The fraction of sp³-hybridized carbons (Fsp3) is 0.480. The standard InChI is InChI=1S/C21H25ClN6.2C20H23ClN6.C20H25N5.C19H22ClN5O/c1-13-18(22)14(4-8-24-13)19-20-15(11-25-19)27-17(12-26-20)28-9-6-21(7-10-28)5-2-3-16(21)23;2*1-12-17(21)13(3-7-23-12)18-19-14(10-24-18)26-16(11-25-19)27-8-5-20(6-9-27)4-2-15(20)22;1-13-5-4-6-15(14(13)2)18-19-16(11-22-18)24-17(12-23-19)25-9-7-20(3,21)8-10-25;1-12-3-2-4-13(20)16(12)18-17-14(9-22-18)24-15(10-23-17)25-7-5-19(21,11-26)6-8-25/h4,8,12,16H,2-3,5-7,9-11,23H2,1H3;2*3,7,11,15H,2,4-6,8-10,22H2,1H3;4-6,12H,7-11,21H2,1-3H3;2-4,10,26H,5-9,11,21H2,1H3/t16-;;;;/m1..../s1. The Bertz CT molecular complexity index is 6100. The van der Waals surface area contributed by atoms with Gasteiger partial charge in [-0.15, -0.1) is 0 Å². The molecule has 8 aromatic heterocycles. The van der Waals surface area contributed by atoms with Gasteiger partial charge in [-0.25, -0.2) is 49.8 Å². The zero-order valence-electron chi connectivity index (χ0n) is 77.0. The Morgan fingerprint density at radius 1 is 0.353 bits per heavy atom. The molecule has 2 unspecified atom stereocenters. The van der Waals surface area contributed by atoms with Crippen LogP contribution in [0.4, 0.5) is 29.1 Å². The predicted molar refractivity (Wildman–Crippen MR) is 528 cm³/mol. The number of halogens is 4. The number of hydrogen-bond donors (Lipinski definition) is 6. The largest absolute Gasteiger partial charge is 0.394 e. The lowest BCUT2D eigenvalue weighted by Gasteiger charge is -2.52. The van der Waals surface area contributed by atoms with Crippen molar-refractivity contribution in [1.29, 1.82) is 0 Å². The zero-order chi connectivity index (χ0) is 92.4. The van der Waals surface area contributed by atoms with Crippen LogP contribution in [0.1, 0.15) is 235 Å². The highest BCUT2D eigenvalue weighted by atomic mass is 35.5. The third-order valence-electron chi connectivity index (χ3n) is 30.8. The van der Waals surface area contributed by atoms with E-state index in [4.69, 9.17) is 125 Å². The summed E-state index contributed by atoms with van der Waals surface area (Å²) in [4.78, 5) is 95.4. The number of aryl methyl sites for hydroxylation is 5. The number of fused-ring (bicyclic) bond motifs is 5. The quantitative estimate of drug-likeness (QED) is 0.0700. The molecule has 5 saturated heterocycles. The highest BCUT2D eigenvalue weighted by molar-refractivity contribution is 6.38. The third kappa shape index (κ3) is 18.1. The van der Waals surface area contributed by atoms with Gasteiger partial charge in [-0.3, -0.25) is 39.9 Å². The maximum absolute atomic E-state index is 9.42. The van der Waals surface area contributed by atoms with Crippen molar-refractivity contribution in [3.8, 4) is 0 Å². The number of piperidine rings is 5. The lowest BCUT2D eigenvalue weighted by molar-refractivity contribution is 0.0610. The highest BCUT2D eigenvalue weighted by Crippen LogP contribution is 2.51. The van der Waals surface area contributed by atoms with Crippen LogP contribution >= 0.6 is 46.4 Å². The van der Waals surface area contributed by atoms with Gasteiger partial charge in [-0.2, -0.15) is 0 Å². The average molecular weight is 1870 g/mol. The fourth-order valence-corrected chi connectivity index (χ4v) is 22.2. The van der Waals surface area contributed by atoms with Crippen molar-refractivity contribution in [2.24, 2.45) is 69.9 Å². The number of nitrogens with two attached hydrogens (primary N) is 5. The summed E-state index contributed by atoms with van der Waals surface area (Å²) in [6.07, 6.45) is 33.6. The summed E-state index contributed by atoms with van der Waals surface area (Å²) in [6.45, 7) is 26.3. The molecule has 0 radical (unpaired) electrons. The molecule has 0 bridgehead atoms. The van der Waals surface area contributed by atoms with Crippen molar-refractivity contribution in [3.05, 3.63) is 243 Å². The third-order valence-corrected chi connectivity index (χ3v) is 32.6. The maximum atomic E-state index is 9.42. The van der Waals surface area contributed by atoms with E-state index in [2.05, 4.69) is 103 Å². The second kappa shape index (κ2) is 37.7. The summed E-state index contributed by atoms with van der Waals surface area (Å²) in [5, 5.41) is 12.0. The summed E-state index contributed by atoms with van der Waals surface area (Å²) in [6, 6.07) is 19.0. The van der Waals surface area contributed by atoms with Crippen LogP contribution in [0.2, 0.25) is 20.1 Å². The number of aliphatic imine (C=N–C) groups is 5. The number of rotatable bonds is 11. The zero-order valence-corrected chi connectivity index (χ0v) is 80.0. The molecule has 0 amide bonds. The summed E-state index contributed by atoms with van der Waals surface area (Å²) < 4.78 is 0. The molecule has 10 aliphatic heterocycles. The Hall–Kier alpha value is -10.4. The van der Waals surface area contributed by atoms with E-state index < -0.39 is 5.54 Å². The lowest BCUT2D eigenvalue weighted by atomic mass is 9.60. The molecule has 692 valence electrons. The minimum absolute atomic E-state index is 0.0189. The van der Waals surface area contributed by atoms with Gasteiger partial charge in [0, 0.05) is 141 Å². The van der Waals surface area contributed by atoms with Crippen LogP contribution in [-0.4, -0.2) is 200 Å². The number of pyridine rings is 3. The van der Waals surface area contributed by atoms with E-state index >= 15 is 0 Å². The average Bonchev–Trinajstić information content (AvgIpc) is 1.71. The molecule has 23 rings (SSSR count). The molecule has 13 aliphatic rings. The van der Waals surface area contributed by atoms with Crippen LogP contribution in [0.25, 0.3) is 0 Å².